The summed E-state index contributed by atoms with van der Waals surface area (Å²) in [5.41, 5.74) is 1.06. The van der Waals surface area contributed by atoms with Gasteiger partial charge < -0.3 is 15.0 Å². The zero-order valence-corrected chi connectivity index (χ0v) is 16.1. The molecule has 1 saturated heterocycles. The monoisotopic (exact) mass is 408 g/mol. The molecule has 0 radical (unpaired) electrons. The lowest BCUT2D eigenvalue weighted by Gasteiger charge is -2.39. The Morgan fingerprint density at radius 2 is 1.92 bits per heavy atom. The fourth-order valence-corrected chi connectivity index (χ4v) is 4.02. The maximum absolute atomic E-state index is 12.6. The molecule has 6 heteroatoms. The van der Waals surface area contributed by atoms with Crippen LogP contribution in [-0.2, 0) is 14.3 Å². The van der Waals surface area contributed by atoms with E-state index in [2.05, 4.69) is 21.2 Å². The zero-order valence-electron chi connectivity index (χ0n) is 14.5. The van der Waals surface area contributed by atoms with Gasteiger partial charge in [-0.2, -0.15) is 0 Å². The number of carbonyl (C=O) groups excluding carboxylic acids is 2. The molecule has 2 unspecified atom stereocenters. The highest BCUT2D eigenvalue weighted by Crippen LogP contribution is 2.29. The lowest BCUT2D eigenvalue weighted by atomic mass is 10.0. The largest absolute Gasteiger partial charge is 0.370 e. The van der Waals surface area contributed by atoms with Crippen LogP contribution in [0.1, 0.15) is 44.3 Å². The predicted octanol–water partition coefficient (Wildman–Crippen LogP) is 3.04. The highest BCUT2D eigenvalue weighted by molar-refractivity contribution is 9.10. The SMILES string of the molecule is CC1C(c2ccc(Br)cc2)OCCN1C(=O)CNC(=O)C1CCCC1. The topological polar surface area (TPSA) is 58.6 Å². The van der Waals surface area contributed by atoms with Crippen molar-refractivity contribution in [2.45, 2.75) is 44.8 Å². The first-order chi connectivity index (χ1) is 12.1. The number of hydrogen-bond acceptors (Lipinski definition) is 3. The van der Waals surface area contributed by atoms with Crippen molar-refractivity contribution in [1.82, 2.24) is 10.2 Å². The van der Waals surface area contributed by atoms with Gasteiger partial charge in [0.1, 0.15) is 6.10 Å². The van der Waals surface area contributed by atoms with Gasteiger partial charge in [0.2, 0.25) is 11.8 Å². The molecule has 2 amide bonds. The van der Waals surface area contributed by atoms with Crippen LogP contribution in [0.15, 0.2) is 28.7 Å². The number of halogens is 1. The van der Waals surface area contributed by atoms with Gasteiger partial charge in [0.05, 0.1) is 19.2 Å². The molecule has 3 rings (SSSR count). The molecule has 25 heavy (non-hydrogen) atoms. The Kier molecular flexibility index (Phi) is 6.12. The molecule has 2 fully saturated rings. The van der Waals surface area contributed by atoms with Crippen LogP contribution in [0.25, 0.3) is 0 Å². The molecule has 2 aliphatic rings. The average Bonchev–Trinajstić information content (AvgIpc) is 3.15. The van der Waals surface area contributed by atoms with Gasteiger partial charge in [-0.1, -0.05) is 40.9 Å². The second kappa shape index (κ2) is 8.32. The summed E-state index contributed by atoms with van der Waals surface area (Å²) < 4.78 is 6.92. The summed E-state index contributed by atoms with van der Waals surface area (Å²) in [4.78, 5) is 26.6. The fraction of sp³-hybridized carbons (Fsp3) is 0.579. The molecule has 1 aromatic carbocycles. The number of nitrogens with zero attached hydrogens (tertiary/aromatic N) is 1. The number of amides is 2. The fourth-order valence-electron chi connectivity index (χ4n) is 3.76. The van der Waals surface area contributed by atoms with Crippen molar-refractivity contribution in [3.05, 3.63) is 34.3 Å². The van der Waals surface area contributed by atoms with Crippen molar-refractivity contribution in [2.75, 3.05) is 19.7 Å². The van der Waals surface area contributed by atoms with Gasteiger partial charge in [0.15, 0.2) is 0 Å². The number of nitrogens with one attached hydrogen (secondary N) is 1. The maximum atomic E-state index is 12.6. The molecule has 1 heterocycles. The third-order valence-corrected chi connectivity index (χ3v) is 5.75. The van der Waals surface area contributed by atoms with Gasteiger partial charge in [-0.25, -0.2) is 0 Å². The quantitative estimate of drug-likeness (QED) is 0.832. The average molecular weight is 409 g/mol. The number of carbonyl (C=O) groups is 2. The molecule has 1 N–H and O–H groups in total. The highest BCUT2D eigenvalue weighted by atomic mass is 79.9. The first-order valence-corrected chi connectivity index (χ1v) is 9.80. The van der Waals surface area contributed by atoms with Crippen molar-refractivity contribution >= 4 is 27.7 Å². The second-order valence-corrected chi connectivity index (χ2v) is 7.79. The van der Waals surface area contributed by atoms with Crippen LogP contribution in [-0.4, -0.2) is 42.5 Å². The summed E-state index contributed by atoms with van der Waals surface area (Å²) in [7, 11) is 0. The Morgan fingerprint density at radius 3 is 2.60 bits per heavy atom. The molecule has 1 aliphatic heterocycles. The predicted molar refractivity (Wildman–Crippen MR) is 99.0 cm³/mol. The van der Waals surface area contributed by atoms with E-state index in [-0.39, 0.29) is 36.4 Å². The van der Waals surface area contributed by atoms with Crippen LogP contribution in [0, 0.1) is 5.92 Å². The van der Waals surface area contributed by atoms with Crippen LogP contribution in [0.2, 0.25) is 0 Å². The van der Waals surface area contributed by atoms with E-state index < -0.39 is 0 Å². The molecule has 2 atom stereocenters. The molecular weight excluding hydrogens is 384 g/mol. The standard InChI is InChI=1S/C19H25BrN2O3/c1-13-18(14-6-8-16(20)9-7-14)25-11-10-22(13)17(23)12-21-19(24)15-4-2-3-5-15/h6-9,13,15,18H,2-5,10-12H2,1H3,(H,21,24). The summed E-state index contributed by atoms with van der Waals surface area (Å²) in [6, 6.07) is 7.93. The van der Waals surface area contributed by atoms with Gasteiger partial charge >= 0.3 is 0 Å². The van der Waals surface area contributed by atoms with E-state index in [0.29, 0.717) is 13.2 Å². The summed E-state index contributed by atoms with van der Waals surface area (Å²) in [5.74, 6) is 0.0749. The number of benzene rings is 1. The molecule has 0 spiro atoms. The minimum absolute atomic E-state index is 0.0243. The normalized spacial score (nSPS) is 24.3. The van der Waals surface area contributed by atoms with E-state index in [4.69, 9.17) is 4.74 Å². The Morgan fingerprint density at radius 1 is 1.24 bits per heavy atom. The van der Waals surface area contributed by atoms with Crippen molar-refractivity contribution in [2.24, 2.45) is 5.92 Å². The number of morpholine rings is 1. The van der Waals surface area contributed by atoms with Crippen molar-refractivity contribution in [3.8, 4) is 0 Å². The van der Waals surface area contributed by atoms with E-state index in [1.807, 2.05) is 36.1 Å². The smallest absolute Gasteiger partial charge is 0.242 e. The Hall–Kier alpha value is -1.40. The van der Waals surface area contributed by atoms with E-state index in [9.17, 15) is 9.59 Å². The molecule has 1 aromatic rings. The van der Waals surface area contributed by atoms with Crippen LogP contribution in [0.5, 0.6) is 0 Å². The van der Waals surface area contributed by atoms with Gasteiger partial charge in [0, 0.05) is 16.9 Å². The van der Waals surface area contributed by atoms with Crippen LogP contribution < -0.4 is 5.32 Å². The minimum Gasteiger partial charge on any atom is -0.370 e. The lowest BCUT2D eigenvalue weighted by molar-refractivity contribution is -0.146. The molecule has 136 valence electrons. The third kappa shape index (κ3) is 4.42. The minimum atomic E-state index is -0.142. The molecule has 0 aromatic heterocycles. The maximum Gasteiger partial charge on any atom is 0.242 e. The Balaban J connectivity index is 1.58. The summed E-state index contributed by atoms with van der Waals surface area (Å²) in [6.07, 6.45) is 3.97. The lowest BCUT2D eigenvalue weighted by Crippen LogP contribution is -2.52. The van der Waals surface area contributed by atoms with E-state index >= 15 is 0 Å². The van der Waals surface area contributed by atoms with Gasteiger partial charge in [-0.3, -0.25) is 9.59 Å². The van der Waals surface area contributed by atoms with Gasteiger partial charge in [0.25, 0.3) is 0 Å². The molecule has 1 aliphatic carbocycles. The van der Waals surface area contributed by atoms with E-state index in [0.717, 1.165) is 35.7 Å². The number of rotatable bonds is 4. The zero-order chi connectivity index (χ0) is 17.8. The summed E-state index contributed by atoms with van der Waals surface area (Å²) in [6.45, 7) is 3.15. The molecule has 0 bridgehead atoms. The van der Waals surface area contributed by atoms with Crippen LogP contribution >= 0.6 is 15.9 Å². The van der Waals surface area contributed by atoms with Gasteiger partial charge in [-0.05, 0) is 37.5 Å². The summed E-state index contributed by atoms with van der Waals surface area (Å²) in [5, 5.41) is 2.83. The van der Waals surface area contributed by atoms with E-state index in [1.165, 1.54) is 0 Å². The Bertz CT molecular complexity index is 614. The van der Waals surface area contributed by atoms with E-state index in [1.54, 1.807) is 0 Å². The first-order valence-electron chi connectivity index (χ1n) is 9.00. The third-order valence-electron chi connectivity index (χ3n) is 5.22. The molecule has 1 saturated carbocycles. The van der Waals surface area contributed by atoms with Crippen molar-refractivity contribution < 1.29 is 14.3 Å². The summed E-state index contributed by atoms with van der Waals surface area (Å²) >= 11 is 3.44. The molecular formula is C19H25BrN2O3. The van der Waals surface area contributed by atoms with Crippen molar-refractivity contribution in [3.63, 3.8) is 0 Å². The van der Waals surface area contributed by atoms with Gasteiger partial charge in [-0.15, -0.1) is 0 Å². The van der Waals surface area contributed by atoms with Crippen LogP contribution in [0.4, 0.5) is 0 Å². The first kappa shape index (κ1) is 18.4. The Labute approximate surface area is 157 Å². The van der Waals surface area contributed by atoms with Crippen molar-refractivity contribution in [1.29, 1.82) is 0 Å². The molecule has 5 nitrogen and oxygen atoms in total. The van der Waals surface area contributed by atoms with Crippen LogP contribution in [0.3, 0.4) is 0 Å². The highest BCUT2D eigenvalue weighted by Gasteiger charge is 2.33. The second-order valence-electron chi connectivity index (χ2n) is 6.87. The number of hydrogen-bond donors (Lipinski definition) is 1. The number of ether oxygens (including phenoxy) is 1.